The van der Waals surface area contributed by atoms with Crippen LogP contribution in [0.2, 0.25) is 0 Å². The van der Waals surface area contributed by atoms with E-state index in [9.17, 15) is 19.5 Å². The largest absolute Gasteiger partial charge is 0.478 e. The molecule has 1 saturated carbocycles. The first-order valence-corrected chi connectivity index (χ1v) is 15.2. The van der Waals surface area contributed by atoms with Crippen LogP contribution in [0.1, 0.15) is 53.2 Å². The SMILES string of the molecule is CN1CCN(c2cccc3c2CCN(C(=O)C2CC4(CCN(C(=N)N)CC4)C2)C3C(=O)Nc2ccc(C(=O)O)cc2)CC1. The zero-order chi connectivity index (χ0) is 30.3. The summed E-state index contributed by atoms with van der Waals surface area (Å²) in [5, 5.41) is 20.0. The average Bonchev–Trinajstić information content (AvgIpc) is 2.99. The van der Waals surface area contributed by atoms with Gasteiger partial charge in [0.25, 0.3) is 5.91 Å². The van der Waals surface area contributed by atoms with E-state index in [1.807, 2.05) is 17.0 Å². The van der Waals surface area contributed by atoms with Gasteiger partial charge in [-0.1, -0.05) is 12.1 Å². The van der Waals surface area contributed by atoms with Crippen molar-refractivity contribution in [1.29, 1.82) is 5.41 Å². The van der Waals surface area contributed by atoms with E-state index < -0.39 is 12.0 Å². The molecule has 1 unspecified atom stereocenters. The average molecular weight is 588 g/mol. The molecule has 3 heterocycles. The van der Waals surface area contributed by atoms with Crippen LogP contribution < -0.4 is 16.0 Å². The van der Waals surface area contributed by atoms with E-state index in [0.717, 1.165) is 81.8 Å². The van der Waals surface area contributed by atoms with Crippen molar-refractivity contribution >= 4 is 35.1 Å². The van der Waals surface area contributed by atoms with Crippen molar-refractivity contribution in [3.05, 3.63) is 59.2 Å². The van der Waals surface area contributed by atoms with Crippen molar-refractivity contribution in [3.63, 3.8) is 0 Å². The second kappa shape index (κ2) is 11.5. The number of amides is 2. The number of aromatic carboxylic acids is 1. The fraction of sp³-hybridized carbons (Fsp3) is 0.500. The smallest absolute Gasteiger partial charge is 0.335 e. The number of carbonyl (C=O) groups is 3. The standard InChI is InChI=1S/C32H41N7O4/c1-36-15-17-37(18-16-36)26-4-2-3-25-24(26)9-12-39(27(25)28(40)35-23-7-5-21(6-8-23)30(42)43)29(41)22-19-32(20-22)10-13-38(14-11-32)31(33)34/h2-8,22,27H,9-20H2,1H3,(H3,33,34)(H,35,40)(H,42,43). The van der Waals surface area contributed by atoms with E-state index in [1.165, 1.54) is 12.1 Å². The Morgan fingerprint density at radius 3 is 2.26 bits per heavy atom. The van der Waals surface area contributed by atoms with Gasteiger partial charge in [-0.25, -0.2) is 4.79 Å². The number of piperazine rings is 1. The molecular weight excluding hydrogens is 546 g/mol. The first-order chi connectivity index (χ1) is 20.6. The summed E-state index contributed by atoms with van der Waals surface area (Å²) in [6.45, 7) is 5.72. The second-order valence-electron chi connectivity index (χ2n) is 12.7. The zero-order valence-corrected chi connectivity index (χ0v) is 24.7. The number of carboxylic acid groups (broad SMARTS) is 1. The zero-order valence-electron chi connectivity index (χ0n) is 24.7. The summed E-state index contributed by atoms with van der Waals surface area (Å²) in [6.07, 6.45) is 4.13. The van der Waals surface area contributed by atoms with Crippen LogP contribution in [0.15, 0.2) is 42.5 Å². The van der Waals surface area contributed by atoms with Gasteiger partial charge < -0.3 is 35.8 Å². The van der Waals surface area contributed by atoms with Crippen LogP contribution in [-0.4, -0.2) is 96.4 Å². The normalized spacial score (nSPS) is 22.1. The van der Waals surface area contributed by atoms with Crippen LogP contribution in [0, 0.1) is 16.7 Å². The summed E-state index contributed by atoms with van der Waals surface area (Å²) < 4.78 is 0. The molecule has 11 nitrogen and oxygen atoms in total. The number of fused-ring (bicyclic) bond motifs is 1. The second-order valence-corrected chi connectivity index (χ2v) is 12.7. The number of carboxylic acids is 1. The summed E-state index contributed by atoms with van der Waals surface area (Å²) in [5.74, 6) is -1.32. The van der Waals surface area contributed by atoms with Gasteiger partial charge in [-0.2, -0.15) is 0 Å². The lowest BCUT2D eigenvalue weighted by atomic mass is 9.57. The van der Waals surface area contributed by atoms with Crippen molar-refractivity contribution < 1.29 is 19.5 Å². The number of hydrogen-bond acceptors (Lipinski definition) is 6. The van der Waals surface area contributed by atoms with Gasteiger partial charge in [-0.05, 0) is 86.0 Å². The third kappa shape index (κ3) is 5.65. The lowest BCUT2D eigenvalue weighted by Gasteiger charge is -2.53. The number of piperidine rings is 1. The van der Waals surface area contributed by atoms with Gasteiger partial charge in [0, 0.05) is 63.1 Å². The van der Waals surface area contributed by atoms with Gasteiger partial charge in [0.2, 0.25) is 5.91 Å². The lowest BCUT2D eigenvalue weighted by Crippen LogP contribution is -2.55. The molecular formula is C32H41N7O4. The van der Waals surface area contributed by atoms with Gasteiger partial charge in [0.1, 0.15) is 6.04 Å². The van der Waals surface area contributed by atoms with Crippen LogP contribution in [0.3, 0.4) is 0 Å². The molecule has 1 spiro atoms. The number of hydrogen-bond donors (Lipinski definition) is 4. The summed E-state index contributed by atoms with van der Waals surface area (Å²) in [4.78, 5) is 47.8. The molecule has 2 saturated heterocycles. The Bertz CT molecular complexity index is 1400. The quantitative estimate of drug-likeness (QED) is 0.309. The maximum atomic E-state index is 14.1. The molecule has 11 heteroatoms. The van der Waals surface area contributed by atoms with Crippen molar-refractivity contribution in [3.8, 4) is 0 Å². The lowest BCUT2D eigenvalue weighted by molar-refractivity contribution is -0.151. The minimum atomic E-state index is -1.03. The summed E-state index contributed by atoms with van der Waals surface area (Å²) in [5.41, 5.74) is 9.56. The Balaban J connectivity index is 1.25. The maximum Gasteiger partial charge on any atom is 0.335 e. The topological polar surface area (TPSA) is 146 Å². The number of carbonyl (C=O) groups excluding carboxylic acids is 2. The Kier molecular flexibility index (Phi) is 7.76. The number of anilines is 2. The number of likely N-dealkylation sites (tertiary alicyclic amines) is 1. The molecule has 2 amide bonds. The van der Waals surface area contributed by atoms with E-state index >= 15 is 0 Å². The van der Waals surface area contributed by atoms with Crippen LogP contribution in [0.5, 0.6) is 0 Å². The summed E-state index contributed by atoms with van der Waals surface area (Å²) >= 11 is 0. The number of rotatable bonds is 5. The Labute approximate surface area is 252 Å². The molecule has 0 aromatic heterocycles. The van der Waals surface area contributed by atoms with E-state index in [-0.39, 0.29) is 34.7 Å². The van der Waals surface area contributed by atoms with Crippen LogP contribution >= 0.6 is 0 Å². The molecule has 4 aliphatic rings. The first kappa shape index (κ1) is 29.0. The molecule has 2 aromatic carbocycles. The highest BCUT2D eigenvalue weighted by Gasteiger charge is 2.51. The molecule has 43 heavy (non-hydrogen) atoms. The molecule has 1 aliphatic carbocycles. The van der Waals surface area contributed by atoms with E-state index in [1.54, 1.807) is 17.0 Å². The predicted molar refractivity (Wildman–Crippen MR) is 164 cm³/mol. The molecule has 2 aromatic rings. The number of benzene rings is 2. The van der Waals surface area contributed by atoms with Gasteiger partial charge in [-0.3, -0.25) is 15.0 Å². The Morgan fingerprint density at radius 2 is 1.63 bits per heavy atom. The monoisotopic (exact) mass is 587 g/mol. The number of likely N-dealkylation sites (N-methyl/N-ethyl adjacent to an activating group) is 1. The highest BCUT2D eigenvalue weighted by molar-refractivity contribution is 5.99. The van der Waals surface area contributed by atoms with Crippen molar-refractivity contribution in [2.24, 2.45) is 17.1 Å². The van der Waals surface area contributed by atoms with Crippen LogP contribution in [0.25, 0.3) is 0 Å². The maximum absolute atomic E-state index is 14.1. The van der Waals surface area contributed by atoms with E-state index in [2.05, 4.69) is 28.2 Å². The van der Waals surface area contributed by atoms with E-state index in [0.29, 0.717) is 18.7 Å². The molecule has 0 bridgehead atoms. The molecule has 6 rings (SSSR count). The molecule has 1 atom stereocenters. The third-order valence-electron chi connectivity index (χ3n) is 10.0. The molecule has 228 valence electrons. The highest BCUT2D eigenvalue weighted by Crippen LogP contribution is 2.53. The summed E-state index contributed by atoms with van der Waals surface area (Å²) in [7, 11) is 2.13. The molecule has 0 radical (unpaired) electrons. The molecule has 3 aliphatic heterocycles. The fourth-order valence-electron chi connectivity index (χ4n) is 7.45. The summed E-state index contributed by atoms with van der Waals surface area (Å²) in [6, 6.07) is 11.4. The number of nitrogens with zero attached hydrogens (tertiary/aromatic N) is 4. The minimum absolute atomic E-state index is 0.0247. The number of guanidine groups is 1. The van der Waals surface area contributed by atoms with Crippen molar-refractivity contribution in [1.82, 2.24) is 14.7 Å². The van der Waals surface area contributed by atoms with E-state index in [4.69, 9.17) is 11.1 Å². The fourth-order valence-corrected chi connectivity index (χ4v) is 7.45. The number of nitrogens with two attached hydrogens (primary N) is 1. The first-order valence-electron chi connectivity index (χ1n) is 15.2. The molecule has 5 N–H and O–H groups in total. The van der Waals surface area contributed by atoms with Crippen LogP contribution in [0.4, 0.5) is 11.4 Å². The number of nitrogens with one attached hydrogen (secondary N) is 2. The van der Waals surface area contributed by atoms with Crippen LogP contribution in [-0.2, 0) is 16.0 Å². The highest BCUT2D eigenvalue weighted by atomic mass is 16.4. The third-order valence-corrected chi connectivity index (χ3v) is 10.0. The van der Waals surface area contributed by atoms with Gasteiger partial charge in [0.05, 0.1) is 5.56 Å². The Morgan fingerprint density at radius 1 is 0.953 bits per heavy atom. The van der Waals surface area contributed by atoms with Gasteiger partial charge in [-0.15, -0.1) is 0 Å². The predicted octanol–water partition coefficient (Wildman–Crippen LogP) is 2.59. The van der Waals surface area contributed by atoms with Gasteiger partial charge >= 0.3 is 5.97 Å². The Hall–Kier alpha value is -4.12. The minimum Gasteiger partial charge on any atom is -0.478 e. The van der Waals surface area contributed by atoms with Gasteiger partial charge in [0.15, 0.2) is 5.96 Å². The molecule has 3 fully saturated rings. The van der Waals surface area contributed by atoms with Crippen molar-refractivity contribution in [2.75, 3.05) is 63.1 Å². The van der Waals surface area contributed by atoms with Crippen molar-refractivity contribution in [2.45, 2.75) is 38.1 Å².